The Kier molecular flexibility index (Phi) is 5.89. The van der Waals surface area contributed by atoms with Crippen molar-refractivity contribution in [3.05, 3.63) is 23.8 Å². The summed E-state index contributed by atoms with van der Waals surface area (Å²) in [6, 6.07) is 2.55. The smallest absolute Gasteiger partial charge is 0.387 e. The standard InChI is InChI=1S/C15H19F2NO5/c1-15(2,3)11(13(20)21)18-12(19)8-5-6-9(22-4)10(7-8)23-14(16)17/h5-7,11,14H,1-4H3,(H,18,19)(H,20,21)/t11-/m1/s1. The number of amides is 1. The van der Waals surface area contributed by atoms with E-state index >= 15 is 0 Å². The molecule has 128 valence electrons. The van der Waals surface area contributed by atoms with Gasteiger partial charge in [0.1, 0.15) is 6.04 Å². The van der Waals surface area contributed by atoms with E-state index in [0.29, 0.717) is 0 Å². The van der Waals surface area contributed by atoms with Crippen molar-refractivity contribution in [2.24, 2.45) is 5.41 Å². The first kappa shape index (κ1) is 18.7. The highest BCUT2D eigenvalue weighted by atomic mass is 19.3. The molecule has 0 aliphatic carbocycles. The molecule has 1 rings (SSSR count). The fourth-order valence-electron chi connectivity index (χ4n) is 1.87. The second kappa shape index (κ2) is 7.26. The third-order valence-electron chi connectivity index (χ3n) is 3.03. The number of halogens is 2. The number of carbonyl (C=O) groups is 2. The van der Waals surface area contributed by atoms with Crippen LogP contribution in [-0.4, -0.2) is 36.7 Å². The number of carbonyl (C=O) groups excluding carboxylic acids is 1. The summed E-state index contributed by atoms with van der Waals surface area (Å²) in [6.07, 6.45) is 0. The normalized spacial score (nSPS) is 12.7. The minimum atomic E-state index is -3.08. The van der Waals surface area contributed by atoms with Crippen LogP contribution in [0.3, 0.4) is 0 Å². The quantitative estimate of drug-likeness (QED) is 0.837. The van der Waals surface area contributed by atoms with Gasteiger partial charge in [0.25, 0.3) is 5.91 Å². The molecule has 0 aromatic heterocycles. The Morgan fingerprint density at radius 1 is 1.22 bits per heavy atom. The van der Waals surface area contributed by atoms with Crippen LogP contribution in [-0.2, 0) is 4.79 Å². The Labute approximate surface area is 132 Å². The number of carboxylic acid groups (broad SMARTS) is 1. The Morgan fingerprint density at radius 3 is 2.26 bits per heavy atom. The molecule has 1 amide bonds. The van der Waals surface area contributed by atoms with Crippen molar-refractivity contribution in [3.63, 3.8) is 0 Å². The average Bonchev–Trinajstić information content (AvgIpc) is 2.42. The molecule has 0 saturated heterocycles. The Hall–Kier alpha value is -2.38. The SMILES string of the molecule is COc1ccc(C(=O)N[C@H](C(=O)O)C(C)(C)C)cc1OC(F)F. The molecule has 6 nitrogen and oxygen atoms in total. The molecule has 2 N–H and O–H groups in total. The maximum absolute atomic E-state index is 12.4. The molecule has 1 aromatic rings. The molecule has 0 unspecified atom stereocenters. The molecule has 1 atom stereocenters. The minimum Gasteiger partial charge on any atom is -0.493 e. The van der Waals surface area contributed by atoms with E-state index in [0.717, 1.165) is 6.07 Å². The van der Waals surface area contributed by atoms with Crippen molar-refractivity contribution in [1.82, 2.24) is 5.32 Å². The van der Waals surface area contributed by atoms with E-state index in [4.69, 9.17) is 4.74 Å². The number of methoxy groups -OCH3 is 1. The summed E-state index contributed by atoms with van der Waals surface area (Å²) in [5.74, 6) is -2.18. The van der Waals surface area contributed by atoms with Gasteiger partial charge in [0.15, 0.2) is 11.5 Å². The van der Waals surface area contributed by atoms with Crippen LogP contribution in [0.2, 0.25) is 0 Å². The van der Waals surface area contributed by atoms with E-state index in [1.165, 1.54) is 19.2 Å². The molecule has 23 heavy (non-hydrogen) atoms. The molecule has 0 saturated carbocycles. The van der Waals surface area contributed by atoms with Crippen LogP contribution < -0.4 is 14.8 Å². The summed E-state index contributed by atoms with van der Waals surface area (Å²) in [5, 5.41) is 11.6. The third kappa shape index (κ3) is 5.08. The summed E-state index contributed by atoms with van der Waals surface area (Å²) in [5.41, 5.74) is -0.743. The van der Waals surface area contributed by atoms with E-state index in [9.17, 15) is 23.5 Å². The highest BCUT2D eigenvalue weighted by molar-refractivity contribution is 5.97. The van der Waals surface area contributed by atoms with Crippen LogP contribution in [0.25, 0.3) is 0 Å². The highest BCUT2D eigenvalue weighted by Gasteiger charge is 2.33. The van der Waals surface area contributed by atoms with Crippen LogP contribution in [0.5, 0.6) is 11.5 Å². The van der Waals surface area contributed by atoms with Gasteiger partial charge in [-0.2, -0.15) is 8.78 Å². The molecular weight excluding hydrogens is 312 g/mol. The highest BCUT2D eigenvalue weighted by Crippen LogP contribution is 2.29. The fraction of sp³-hybridized carbons (Fsp3) is 0.467. The number of hydrogen-bond donors (Lipinski definition) is 2. The van der Waals surface area contributed by atoms with Crippen molar-refractivity contribution < 1.29 is 33.0 Å². The number of carboxylic acids is 1. The fourth-order valence-corrected chi connectivity index (χ4v) is 1.87. The number of aliphatic carboxylic acids is 1. The summed E-state index contributed by atoms with van der Waals surface area (Å²) < 4.78 is 33.9. The molecule has 0 bridgehead atoms. The molecule has 0 radical (unpaired) electrons. The molecule has 0 aliphatic heterocycles. The van der Waals surface area contributed by atoms with Crippen LogP contribution >= 0.6 is 0 Å². The van der Waals surface area contributed by atoms with E-state index in [1.54, 1.807) is 20.8 Å². The number of nitrogens with one attached hydrogen (secondary N) is 1. The van der Waals surface area contributed by atoms with Gasteiger partial charge in [-0.15, -0.1) is 0 Å². The van der Waals surface area contributed by atoms with Gasteiger partial charge < -0.3 is 19.9 Å². The molecule has 0 heterocycles. The largest absolute Gasteiger partial charge is 0.493 e. The minimum absolute atomic E-state index is 0.0167. The predicted octanol–water partition coefficient (Wildman–Crippen LogP) is 2.53. The summed E-state index contributed by atoms with van der Waals surface area (Å²) >= 11 is 0. The molecule has 1 aromatic carbocycles. The van der Waals surface area contributed by atoms with Gasteiger partial charge in [-0.25, -0.2) is 4.79 Å². The lowest BCUT2D eigenvalue weighted by Gasteiger charge is -2.27. The zero-order valence-corrected chi connectivity index (χ0v) is 13.2. The van der Waals surface area contributed by atoms with Gasteiger partial charge in [-0.05, 0) is 23.6 Å². The van der Waals surface area contributed by atoms with Crippen molar-refractivity contribution in [3.8, 4) is 11.5 Å². The molecule has 0 spiro atoms. The first-order chi connectivity index (χ1) is 10.6. The molecule has 8 heteroatoms. The number of ether oxygens (including phenoxy) is 2. The average molecular weight is 331 g/mol. The molecule has 0 fully saturated rings. The number of hydrogen-bond acceptors (Lipinski definition) is 4. The monoisotopic (exact) mass is 331 g/mol. The van der Waals surface area contributed by atoms with Gasteiger partial charge in [0.05, 0.1) is 7.11 Å². The first-order valence-electron chi connectivity index (χ1n) is 6.72. The lowest BCUT2D eigenvalue weighted by atomic mass is 9.86. The number of rotatable bonds is 6. The lowest BCUT2D eigenvalue weighted by Crippen LogP contribution is -2.49. The van der Waals surface area contributed by atoms with E-state index in [2.05, 4.69) is 10.1 Å². The Balaban J connectivity index is 3.06. The lowest BCUT2D eigenvalue weighted by molar-refractivity contribution is -0.142. The topological polar surface area (TPSA) is 84.9 Å². The van der Waals surface area contributed by atoms with Crippen LogP contribution in [0.4, 0.5) is 8.78 Å². The van der Waals surface area contributed by atoms with Crippen molar-refractivity contribution in [1.29, 1.82) is 0 Å². The van der Waals surface area contributed by atoms with Gasteiger partial charge >= 0.3 is 12.6 Å². The van der Waals surface area contributed by atoms with E-state index < -0.39 is 29.9 Å². The third-order valence-corrected chi connectivity index (χ3v) is 3.03. The van der Waals surface area contributed by atoms with Crippen LogP contribution in [0, 0.1) is 5.41 Å². The van der Waals surface area contributed by atoms with E-state index in [-0.39, 0.29) is 17.1 Å². The first-order valence-corrected chi connectivity index (χ1v) is 6.72. The predicted molar refractivity (Wildman–Crippen MR) is 78.0 cm³/mol. The maximum Gasteiger partial charge on any atom is 0.387 e. The van der Waals surface area contributed by atoms with Crippen molar-refractivity contribution in [2.75, 3.05) is 7.11 Å². The van der Waals surface area contributed by atoms with Gasteiger partial charge in [0, 0.05) is 5.56 Å². The summed E-state index contributed by atoms with van der Waals surface area (Å²) in [7, 11) is 1.27. The second-order valence-corrected chi connectivity index (χ2v) is 5.85. The molecule has 0 aliphatic rings. The maximum atomic E-state index is 12.4. The van der Waals surface area contributed by atoms with Crippen molar-refractivity contribution >= 4 is 11.9 Å². The van der Waals surface area contributed by atoms with Crippen LogP contribution in [0.15, 0.2) is 18.2 Å². The van der Waals surface area contributed by atoms with Crippen molar-refractivity contribution in [2.45, 2.75) is 33.4 Å². The molecular formula is C15H19F2NO5. The Morgan fingerprint density at radius 2 is 1.83 bits per heavy atom. The van der Waals surface area contributed by atoms with E-state index in [1.807, 2.05) is 0 Å². The summed E-state index contributed by atoms with van der Waals surface area (Å²) in [6.45, 7) is 1.89. The van der Waals surface area contributed by atoms with Gasteiger partial charge in [0.2, 0.25) is 0 Å². The zero-order chi connectivity index (χ0) is 17.8. The summed E-state index contributed by atoms with van der Waals surface area (Å²) in [4.78, 5) is 23.5. The number of benzene rings is 1. The zero-order valence-electron chi connectivity index (χ0n) is 13.2. The van der Waals surface area contributed by atoms with Gasteiger partial charge in [-0.1, -0.05) is 20.8 Å². The van der Waals surface area contributed by atoms with Crippen LogP contribution in [0.1, 0.15) is 31.1 Å². The number of alkyl halides is 2. The Bertz CT molecular complexity index is 584. The van der Waals surface area contributed by atoms with Gasteiger partial charge in [-0.3, -0.25) is 4.79 Å². The second-order valence-electron chi connectivity index (χ2n) is 5.85.